The summed E-state index contributed by atoms with van der Waals surface area (Å²) in [5.74, 6) is -0.591. The normalized spacial score (nSPS) is 10.8. The van der Waals surface area contributed by atoms with E-state index in [-0.39, 0.29) is 31.5 Å². The Labute approximate surface area is 133 Å². The molecule has 7 heteroatoms. The number of carbonyl (C=O) groups excluding carboxylic acids is 1. The third-order valence-corrected chi connectivity index (χ3v) is 3.55. The average molecular weight is 321 g/mol. The number of rotatable bonds is 7. The summed E-state index contributed by atoms with van der Waals surface area (Å²) in [6.07, 6.45) is 1.90. The Hall–Kier alpha value is -2.25. The lowest BCUT2D eigenvalue weighted by molar-refractivity contribution is 0.0709. The Balaban J connectivity index is 2.26. The van der Waals surface area contributed by atoms with Crippen molar-refractivity contribution in [3.8, 4) is 5.69 Å². The summed E-state index contributed by atoms with van der Waals surface area (Å²) in [5.41, 5.74) is 1.71. The van der Waals surface area contributed by atoms with Crippen LogP contribution in [0.5, 0.6) is 0 Å². The molecule has 6 nitrogen and oxygen atoms in total. The van der Waals surface area contributed by atoms with E-state index in [1.165, 1.54) is 23.2 Å². The van der Waals surface area contributed by atoms with E-state index in [0.717, 1.165) is 0 Å². The van der Waals surface area contributed by atoms with Crippen molar-refractivity contribution in [1.29, 1.82) is 0 Å². The van der Waals surface area contributed by atoms with E-state index in [0.29, 0.717) is 29.9 Å². The van der Waals surface area contributed by atoms with Gasteiger partial charge in [0.2, 0.25) is 0 Å². The van der Waals surface area contributed by atoms with Gasteiger partial charge in [-0.3, -0.25) is 4.79 Å². The largest absolute Gasteiger partial charge is 0.396 e. The lowest BCUT2D eigenvalue weighted by Gasteiger charge is -2.21. The number of benzene rings is 1. The number of aliphatic hydroxyl groups excluding tert-OH is 2. The monoisotopic (exact) mass is 321 g/mol. The molecule has 0 atom stereocenters. The van der Waals surface area contributed by atoms with Crippen molar-refractivity contribution in [3.63, 3.8) is 0 Å². The highest BCUT2D eigenvalue weighted by Crippen LogP contribution is 2.16. The van der Waals surface area contributed by atoms with Crippen molar-refractivity contribution in [1.82, 2.24) is 14.7 Å². The number of nitrogens with zero attached hydrogens (tertiary/aromatic N) is 3. The van der Waals surface area contributed by atoms with Crippen LogP contribution in [0.1, 0.15) is 22.5 Å². The lowest BCUT2D eigenvalue weighted by atomic mass is 10.2. The Morgan fingerprint density at radius 1 is 1.22 bits per heavy atom. The van der Waals surface area contributed by atoms with Crippen LogP contribution in [0.2, 0.25) is 0 Å². The molecule has 0 aliphatic heterocycles. The Morgan fingerprint density at radius 3 is 2.52 bits per heavy atom. The van der Waals surface area contributed by atoms with E-state index in [9.17, 15) is 9.18 Å². The van der Waals surface area contributed by atoms with Crippen molar-refractivity contribution >= 4 is 5.91 Å². The van der Waals surface area contributed by atoms with Crippen LogP contribution >= 0.6 is 0 Å². The Kier molecular flexibility index (Phi) is 5.84. The average Bonchev–Trinajstić information content (AvgIpc) is 2.93. The highest BCUT2D eigenvalue weighted by molar-refractivity contribution is 5.95. The highest BCUT2D eigenvalue weighted by Gasteiger charge is 2.20. The van der Waals surface area contributed by atoms with Gasteiger partial charge in [-0.2, -0.15) is 5.10 Å². The van der Waals surface area contributed by atoms with Crippen molar-refractivity contribution in [2.24, 2.45) is 0 Å². The van der Waals surface area contributed by atoms with Crippen LogP contribution in [0.4, 0.5) is 4.39 Å². The van der Waals surface area contributed by atoms with Gasteiger partial charge >= 0.3 is 0 Å². The SMILES string of the molecule is Cc1c(C(=O)N(CCO)CCCO)cnn1-c1ccc(F)cc1. The summed E-state index contributed by atoms with van der Waals surface area (Å²) < 4.78 is 14.6. The maximum atomic E-state index is 13.0. The molecule has 23 heavy (non-hydrogen) atoms. The van der Waals surface area contributed by atoms with Crippen LogP contribution in [-0.4, -0.2) is 57.1 Å². The van der Waals surface area contributed by atoms with Crippen molar-refractivity contribution < 1.29 is 19.4 Å². The fourth-order valence-corrected chi connectivity index (χ4v) is 2.33. The van der Waals surface area contributed by atoms with Gasteiger partial charge < -0.3 is 15.1 Å². The molecule has 1 amide bonds. The Bertz CT molecular complexity index is 655. The predicted molar refractivity (Wildman–Crippen MR) is 83.0 cm³/mol. The number of hydrogen-bond donors (Lipinski definition) is 2. The lowest BCUT2D eigenvalue weighted by Crippen LogP contribution is -2.35. The minimum absolute atomic E-state index is 0.0248. The summed E-state index contributed by atoms with van der Waals surface area (Å²) in [6.45, 7) is 2.13. The zero-order valence-electron chi connectivity index (χ0n) is 12.9. The Morgan fingerprint density at radius 2 is 1.91 bits per heavy atom. The van der Waals surface area contributed by atoms with E-state index >= 15 is 0 Å². The number of aromatic nitrogens is 2. The molecule has 1 aromatic carbocycles. The van der Waals surface area contributed by atoms with E-state index in [4.69, 9.17) is 10.2 Å². The maximum absolute atomic E-state index is 13.0. The molecule has 0 unspecified atom stereocenters. The van der Waals surface area contributed by atoms with Crippen LogP contribution < -0.4 is 0 Å². The first-order chi connectivity index (χ1) is 11.1. The molecule has 2 aromatic rings. The van der Waals surface area contributed by atoms with Gasteiger partial charge in [0, 0.05) is 19.7 Å². The molecule has 2 rings (SSSR count). The number of amides is 1. The first kappa shape index (κ1) is 17.1. The summed E-state index contributed by atoms with van der Waals surface area (Å²) >= 11 is 0. The van der Waals surface area contributed by atoms with Crippen LogP contribution in [0.3, 0.4) is 0 Å². The summed E-state index contributed by atoms with van der Waals surface area (Å²) in [5, 5.41) is 22.2. The maximum Gasteiger partial charge on any atom is 0.257 e. The van der Waals surface area contributed by atoms with E-state index < -0.39 is 0 Å². The molecule has 0 aliphatic rings. The van der Waals surface area contributed by atoms with Gasteiger partial charge in [0.05, 0.1) is 29.7 Å². The molecule has 0 aliphatic carbocycles. The second-order valence-corrected chi connectivity index (χ2v) is 5.12. The van der Waals surface area contributed by atoms with Gasteiger partial charge in [0.15, 0.2) is 0 Å². The van der Waals surface area contributed by atoms with Gasteiger partial charge in [-0.05, 0) is 37.6 Å². The van der Waals surface area contributed by atoms with Crippen molar-refractivity contribution in [2.75, 3.05) is 26.3 Å². The van der Waals surface area contributed by atoms with Gasteiger partial charge in [0.25, 0.3) is 5.91 Å². The summed E-state index contributed by atoms with van der Waals surface area (Å²) in [6, 6.07) is 5.83. The van der Waals surface area contributed by atoms with Crippen molar-refractivity contribution in [2.45, 2.75) is 13.3 Å². The molecule has 2 N–H and O–H groups in total. The highest BCUT2D eigenvalue weighted by atomic mass is 19.1. The standard InChI is InChI=1S/C16H20FN3O3/c1-12-15(16(23)19(8-10-22)7-2-9-21)11-18-20(12)14-5-3-13(17)4-6-14/h3-6,11,21-22H,2,7-10H2,1H3. The molecular weight excluding hydrogens is 301 g/mol. The smallest absolute Gasteiger partial charge is 0.257 e. The minimum Gasteiger partial charge on any atom is -0.396 e. The van der Waals surface area contributed by atoms with Gasteiger partial charge in [-0.15, -0.1) is 0 Å². The zero-order valence-corrected chi connectivity index (χ0v) is 12.9. The molecular formula is C16H20FN3O3. The number of halogens is 1. The molecule has 0 fully saturated rings. The van der Waals surface area contributed by atoms with Gasteiger partial charge in [-0.1, -0.05) is 0 Å². The third-order valence-electron chi connectivity index (χ3n) is 3.55. The van der Waals surface area contributed by atoms with Gasteiger partial charge in [-0.25, -0.2) is 9.07 Å². The quantitative estimate of drug-likeness (QED) is 0.801. The second kappa shape index (κ2) is 7.85. The van der Waals surface area contributed by atoms with Crippen LogP contribution in [0.25, 0.3) is 5.69 Å². The molecule has 1 aromatic heterocycles. The topological polar surface area (TPSA) is 78.6 Å². The molecule has 0 saturated heterocycles. The molecule has 0 spiro atoms. The van der Waals surface area contributed by atoms with E-state index in [2.05, 4.69) is 5.10 Å². The van der Waals surface area contributed by atoms with Crippen LogP contribution in [0.15, 0.2) is 30.5 Å². The van der Waals surface area contributed by atoms with Crippen molar-refractivity contribution in [3.05, 3.63) is 47.5 Å². The first-order valence-corrected chi connectivity index (χ1v) is 7.40. The minimum atomic E-state index is -0.340. The number of hydrogen-bond acceptors (Lipinski definition) is 4. The summed E-state index contributed by atoms with van der Waals surface area (Å²) in [7, 11) is 0. The first-order valence-electron chi connectivity index (χ1n) is 7.40. The van der Waals surface area contributed by atoms with Crippen LogP contribution in [0, 0.1) is 12.7 Å². The van der Waals surface area contributed by atoms with Gasteiger partial charge in [0.1, 0.15) is 5.82 Å². The third kappa shape index (κ3) is 3.94. The fraction of sp³-hybridized carbons (Fsp3) is 0.375. The molecule has 0 bridgehead atoms. The number of aliphatic hydroxyl groups is 2. The van der Waals surface area contributed by atoms with E-state index in [1.54, 1.807) is 23.7 Å². The second-order valence-electron chi connectivity index (χ2n) is 5.12. The fourth-order valence-electron chi connectivity index (χ4n) is 2.33. The number of carbonyl (C=O) groups is 1. The molecule has 0 radical (unpaired) electrons. The molecule has 0 saturated carbocycles. The summed E-state index contributed by atoms with van der Waals surface area (Å²) in [4.78, 5) is 14.1. The predicted octanol–water partition coefficient (Wildman–Crippen LogP) is 1.14. The molecule has 124 valence electrons. The zero-order chi connectivity index (χ0) is 16.8. The van der Waals surface area contributed by atoms with E-state index in [1.807, 2.05) is 0 Å². The molecule has 1 heterocycles. The van der Waals surface area contributed by atoms with Crippen LogP contribution in [-0.2, 0) is 0 Å².